The second kappa shape index (κ2) is 5.23. The van der Waals surface area contributed by atoms with Crippen molar-refractivity contribution in [2.45, 2.75) is 10.1 Å². The number of nitrogens with two attached hydrogens (primary N) is 1. The summed E-state index contributed by atoms with van der Waals surface area (Å²) in [6, 6.07) is 5.03. The van der Waals surface area contributed by atoms with Gasteiger partial charge in [0.05, 0.1) is 0 Å². The van der Waals surface area contributed by atoms with E-state index in [-0.39, 0.29) is 5.84 Å². The maximum absolute atomic E-state index is 8.74. The molecule has 0 fully saturated rings. The fraction of sp³-hybridized carbons (Fsp3) is 0.111. The standard InChI is InChI=1S/C9H9ClN6OS/c1-16-9(12-14-15-16)18-7-4-5(10)2-3-6(7)8(11)13-17/h2-4,17H,1H3,(H2,11,13). The predicted octanol–water partition coefficient (Wildman–Crippen LogP) is 1.11. The zero-order valence-corrected chi connectivity index (χ0v) is 10.9. The lowest BCUT2D eigenvalue weighted by Crippen LogP contribution is -2.14. The van der Waals surface area contributed by atoms with E-state index < -0.39 is 0 Å². The molecule has 0 amide bonds. The highest BCUT2D eigenvalue weighted by Gasteiger charge is 2.12. The maximum Gasteiger partial charge on any atom is 0.213 e. The fourth-order valence-electron chi connectivity index (χ4n) is 1.25. The van der Waals surface area contributed by atoms with Crippen molar-refractivity contribution in [3.8, 4) is 0 Å². The van der Waals surface area contributed by atoms with Gasteiger partial charge in [0.1, 0.15) is 0 Å². The third-order valence-corrected chi connectivity index (χ3v) is 3.43. The molecule has 0 saturated carbocycles. The highest BCUT2D eigenvalue weighted by molar-refractivity contribution is 7.99. The second-order valence-electron chi connectivity index (χ2n) is 3.31. The Morgan fingerprint density at radius 3 is 2.94 bits per heavy atom. The Bertz CT molecular complexity index is 598. The number of oxime groups is 1. The van der Waals surface area contributed by atoms with Gasteiger partial charge in [-0.15, -0.1) is 5.10 Å². The van der Waals surface area contributed by atoms with Crippen LogP contribution in [0.3, 0.4) is 0 Å². The molecule has 0 saturated heterocycles. The first kappa shape index (κ1) is 12.7. The van der Waals surface area contributed by atoms with Crippen LogP contribution in [0, 0.1) is 0 Å². The molecule has 1 aromatic carbocycles. The molecule has 0 aliphatic heterocycles. The molecule has 0 spiro atoms. The highest BCUT2D eigenvalue weighted by Crippen LogP contribution is 2.30. The van der Waals surface area contributed by atoms with Crippen LogP contribution >= 0.6 is 23.4 Å². The minimum absolute atomic E-state index is 0.00398. The van der Waals surface area contributed by atoms with Crippen LogP contribution in [0.5, 0.6) is 0 Å². The summed E-state index contributed by atoms with van der Waals surface area (Å²) in [5.74, 6) is 0.00398. The molecule has 0 aliphatic carbocycles. The predicted molar refractivity (Wildman–Crippen MR) is 66.9 cm³/mol. The number of aromatic nitrogens is 4. The summed E-state index contributed by atoms with van der Waals surface area (Å²) >= 11 is 7.21. The Kier molecular flexibility index (Phi) is 3.68. The number of rotatable bonds is 3. The van der Waals surface area contributed by atoms with Gasteiger partial charge in [0.2, 0.25) is 5.16 Å². The number of benzene rings is 1. The Hall–Kier alpha value is -1.80. The SMILES string of the molecule is Cn1nnnc1Sc1cc(Cl)ccc1C(N)=NO. The number of nitrogens with zero attached hydrogens (tertiary/aromatic N) is 5. The number of halogens is 1. The van der Waals surface area contributed by atoms with E-state index in [1.54, 1.807) is 25.2 Å². The molecule has 2 aromatic rings. The van der Waals surface area contributed by atoms with Gasteiger partial charge in [0.15, 0.2) is 5.84 Å². The highest BCUT2D eigenvalue weighted by atomic mass is 35.5. The fourth-order valence-corrected chi connectivity index (χ4v) is 2.40. The molecule has 0 aliphatic rings. The topological polar surface area (TPSA) is 102 Å². The van der Waals surface area contributed by atoms with Crippen LogP contribution in [0.2, 0.25) is 5.02 Å². The van der Waals surface area contributed by atoms with Crippen LogP contribution in [-0.4, -0.2) is 31.3 Å². The zero-order valence-electron chi connectivity index (χ0n) is 9.28. The summed E-state index contributed by atoms with van der Waals surface area (Å²) in [5, 5.41) is 23.9. The first-order valence-corrected chi connectivity index (χ1v) is 5.99. The first-order chi connectivity index (χ1) is 8.61. The molecule has 7 nitrogen and oxygen atoms in total. The lowest BCUT2D eigenvalue weighted by atomic mass is 10.2. The van der Waals surface area contributed by atoms with Crippen LogP contribution in [0.1, 0.15) is 5.56 Å². The van der Waals surface area contributed by atoms with E-state index in [1.807, 2.05) is 0 Å². The van der Waals surface area contributed by atoms with E-state index in [9.17, 15) is 0 Å². The van der Waals surface area contributed by atoms with Crippen LogP contribution in [0.4, 0.5) is 0 Å². The molecule has 3 N–H and O–H groups in total. The molecule has 0 atom stereocenters. The number of aryl methyl sites for hydroxylation is 1. The van der Waals surface area contributed by atoms with Crippen LogP contribution in [0.25, 0.3) is 0 Å². The number of amidine groups is 1. The molecule has 1 heterocycles. The van der Waals surface area contributed by atoms with Crippen molar-refractivity contribution in [3.05, 3.63) is 28.8 Å². The van der Waals surface area contributed by atoms with Gasteiger partial charge < -0.3 is 10.9 Å². The Labute approximate surface area is 112 Å². The molecule has 18 heavy (non-hydrogen) atoms. The van der Waals surface area contributed by atoms with E-state index in [0.717, 1.165) is 0 Å². The monoisotopic (exact) mass is 284 g/mol. The summed E-state index contributed by atoms with van der Waals surface area (Å²) in [6.07, 6.45) is 0. The van der Waals surface area contributed by atoms with Gasteiger partial charge in [-0.3, -0.25) is 0 Å². The smallest absolute Gasteiger partial charge is 0.213 e. The minimum Gasteiger partial charge on any atom is -0.409 e. The van der Waals surface area contributed by atoms with Crippen molar-refractivity contribution >= 4 is 29.2 Å². The normalized spacial score (nSPS) is 11.8. The summed E-state index contributed by atoms with van der Waals surface area (Å²) in [5.41, 5.74) is 6.16. The zero-order chi connectivity index (χ0) is 13.1. The van der Waals surface area contributed by atoms with Gasteiger partial charge in [-0.1, -0.05) is 16.8 Å². The van der Waals surface area contributed by atoms with Gasteiger partial charge >= 0.3 is 0 Å². The van der Waals surface area contributed by atoms with Gasteiger partial charge in [0, 0.05) is 22.5 Å². The quantitative estimate of drug-likeness (QED) is 0.379. The number of hydrogen-bond donors (Lipinski definition) is 2. The Balaban J connectivity index is 2.43. The second-order valence-corrected chi connectivity index (χ2v) is 4.76. The molecule has 0 radical (unpaired) electrons. The lowest BCUT2D eigenvalue weighted by molar-refractivity contribution is 0.318. The molecular formula is C9H9ClN6OS. The lowest BCUT2D eigenvalue weighted by Gasteiger charge is -2.07. The van der Waals surface area contributed by atoms with E-state index in [4.69, 9.17) is 22.5 Å². The van der Waals surface area contributed by atoms with Gasteiger partial charge in [-0.2, -0.15) is 0 Å². The summed E-state index contributed by atoms with van der Waals surface area (Å²) in [4.78, 5) is 0.704. The minimum atomic E-state index is 0.00398. The molecule has 1 aromatic heterocycles. The Morgan fingerprint density at radius 1 is 1.56 bits per heavy atom. The first-order valence-electron chi connectivity index (χ1n) is 4.79. The van der Waals surface area contributed by atoms with Crippen LogP contribution in [-0.2, 0) is 7.05 Å². The van der Waals surface area contributed by atoms with Crippen LogP contribution < -0.4 is 5.73 Å². The van der Waals surface area contributed by atoms with Gasteiger partial charge in [-0.05, 0) is 40.4 Å². The summed E-state index contributed by atoms with van der Waals surface area (Å²) in [7, 11) is 1.72. The third-order valence-electron chi connectivity index (χ3n) is 2.11. The van der Waals surface area contributed by atoms with Gasteiger partial charge in [0.25, 0.3) is 0 Å². The van der Waals surface area contributed by atoms with Crippen molar-refractivity contribution < 1.29 is 5.21 Å². The largest absolute Gasteiger partial charge is 0.409 e. The summed E-state index contributed by atoms with van der Waals surface area (Å²) < 4.78 is 1.52. The van der Waals surface area contributed by atoms with Crippen LogP contribution in [0.15, 0.2) is 33.4 Å². The molecule has 0 unspecified atom stereocenters. The van der Waals surface area contributed by atoms with E-state index in [1.165, 1.54) is 16.4 Å². The summed E-state index contributed by atoms with van der Waals surface area (Å²) in [6.45, 7) is 0. The van der Waals surface area contributed by atoms with Crippen molar-refractivity contribution in [2.24, 2.45) is 17.9 Å². The number of tetrazole rings is 1. The van der Waals surface area contributed by atoms with Gasteiger partial charge in [-0.25, -0.2) is 4.68 Å². The van der Waals surface area contributed by atoms with E-state index in [0.29, 0.717) is 20.6 Å². The van der Waals surface area contributed by atoms with Crippen molar-refractivity contribution in [1.29, 1.82) is 0 Å². The third kappa shape index (κ3) is 2.54. The molecule has 94 valence electrons. The van der Waals surface area contributed by atoms with Crippen molar-refractivity contribution in [3.63, 3.8) is 0 Å². The molecular weight excluding hydrogens is 276 g/mol. The Morgan fingerprint density at radius 2 is 2.33 bits per heavy atom. The molecule has 2 rings (SSSR count). The maximum atomic E-state index is 8.74. The average Bonchev–Trinajstić information content (AvgIpc) is 2.74. The molecule has 0 bridgehead atoms. The van der Waals surface area contributed by atoms with Crippen molar-refractivity contribution in [2.75, 3.05) is 0 Å². The van der Waals surface area contributed by atoms with E-state index in [2.05, 4.69) is 20.7 Å². The van der Waals surface area contributed by atoms with E-state index >= 15 is 0 Å². The average molecular weight is 285 g/mol. The van der Waals surface area contributed by atoms with Crippen molar-refractivity contribution in [1.82, 2.24) is 20.2 Å². The number of hydrogen-bond acceptors (Lipinski definition) is 6. The molecule has 9 heteroatoms.